The molecule has 0 unspecified atom stereocenters. The van der Waals surface area contributed by atoms with E-state index in [1.165, 1.54) is 36.4 Å². The molecular weight excluding hydrogens is 142 g/mol. The number of aryl methyl sites for hydroxylation is 2. The van der Waals surface area contributed by atoms with E-state index in [1.807, 2.05) is 0 Å². The lowest BCUT2D eigenvalue weighted by Gasteiger charge is -1.88. The van der Waals surface area contributed by atoms with Gasteiger partial charge in [0.05, 0.1) is 0 Å². The number of rotatable bonds is 3. The monoisotopic (exact) mass is 157 g/mol. The van der Waals surface area contributed by atoms with Crippen molar-refractivity contribution in [1.82, 2.24) is 0 Å². The average molecular weight is 157 g/mol. The molecule has 0 fully saturated rings. The van der Waals surface area contributed by atoms with Gasteiger partial charge in [-0.2, -0.15) is 4.57 Å². The van der Waals surface area contributed by atoms with Crippen molar-refractivity contribution < 1.29 is 4.57 Å². The van der Waals surface area contributed by atoms with Gasteiger partial charge in [-0.25, -0.2) is 0 Å². The molecule has 0 N–H and O–H groups in total. The van der Waals surface area contributed by atoms with Crippen LogP contribution < -0.4 is 4.57 Å². The van der Waals surface area contributed by atoms with Crippen LogP contribution in [0.4, 0.5) is 0 Å². The minimum absolute atomic E-state index is 1.20. The van der Waals surface area contributed by atoms with Crippen molar-refractivity contribution in [2.45, 2.75) is 33.2 Å². The van der Waals surface area contributed by atoms with Gasteiger partial charge < -0.3 is 0 Å². The van der Waals surface area contributed by atoms with Gasteiger partial charge in [0.1, 0.15) is 0 Å². The molecule has 0 saturated heterocycles. The number of hydrogen-bond donors (Lipinski definition) is 0. The first-order chi connectivity index (χ1) is 4.84. The van der Waals surface area contributed by atoms with Crippen LogP contribution in [0.3, 0.4) is 0 Å². The van der Waals surface area contributed by atoms with Gasteiger partial charge >= 0.3 is 5.51 Å². The van der Waals surface area contributed by atoms with Gasteiger partial charge in [-0.3, -0.25) is 0 Å². The van der Waals surface area contributed by atoms with Crippen molar-refractivity contribution in [2.24, 2.45) is 0 Å². The summed E-state index contributed by atoms with van der Waals surface area (Å²) in [6.45, 7) is 5.60. The normalized spacial score (nSPS) is 10.2. The lowest BCUT2D eigenvalue weighted by Crippen LogP contribution is -2.33. The van der Waals surface area contributed by atoms with Crippen LogP contribution in [0, 0.1) is 6.92 Å². The van der Waals surface area contributed by atoms with Crippen LogP contribution in [0.1, 0.15) is 25.5 Å². The first-order valence-corrected chi connectivity index (χ1v) is 4.84. The molecule has 0 bridgehead atoms. The summed E-state index contributed by atoms with van der Waals surface area (Å²) in [5, 5.41) is 2.25. The fourth-order valence-electron chi connectivity index (χ4n) is 0.949. The summed E-state index contributed by atoms with van der Waals surface area (Å²) >= 11 is 1.35. The van der Waals surface area contributed by atoms with Gasteiger partial charge in [-0.15, -0.1) is 0 Å². The SMILES string of the molecule is CCCC[n+]1c[sH+]cc1C. The molecule has 0 saturated carbocycles. The number of nitrogens with zero attached hydrogens (tertiary/aromatic N) is 1. The third kappa shape index (κ3) is 1.81. The minimum atomic E-state index is 1.20. The quantitative estimate of drug-likeness (QED) is 0.466. The standard InChI is InChI=1S/C8H14NS/c1-3-4-5-9-7-10-6-8(9)2/h6-7H,3-5H2,1-2H3/q+1/p+1. The van der Waals surface area contributed by atoms with Gasteiger partial charge in [-0.1, -0.05) is 13.3 Å². The molecule has 0 atom stereocenters. The fourth-order valence-corrected chi connectivity index (χ4v) is 1.84. The Balaban J connectivity index is 2.49. The Morgan fingerprint density at radius 1 is 1.60 bits per heavy atom. The lowest BCUT2D eigenvalue weighted by molar-refractivity contribution is -0.698. The summed E-state index contributed by atoms with van der Waals surface area (Å²) in [4.78, 5) is 0. The smallest absolute Gasteiger partial charge is 0.153 e. The van der Waals surface area contributed by atoms with Crippen molar-refractivity contribution in [3.63, 3.8) is 0 Å². The van der Waals surface area contributed by atoms with Gasteiger partial charge in [0, 0.05) is 24.7 Å². The topological polar surface area (TPSA) is 3.88 Å². The van der Waals surface area contributed by atoms with E-state index in [0.29, 0.717) is 0 Å². The molecule has 56 valence electrons. The van der Waals surface area contributed by atoms with Gasteiger partial charge in [-0.05, 0) is 0 Å². The zero-order valence-electron chi connectivity index (χ0n) is 6.67. The van der Waals surface area contributed by atoms with Crippen LogP contribution in [0.25, 0.3) is 0 Å². The maximum Gasteiger partial charge on any atom is 0.367 e. The first kappa shape index (κ1) is 7.73. The molecule has 1 aromatic rings. The fraction of sp³-hybridized carbons (Fsp3) is 0.625. The molecule has 1 nitrogen and oxygen atoms in total. The second-order valence-corrected chi connectivity index (χ2v) is 3.37. The molecule has 0 radical (unpaired) electrons. The second kappa shape index (κ2) is 3.71. The van der Waals surface area contributed by atoms with Crippen molar-refractivity contribution in [3.05, 3.63) is 16.6 Å². The van der Waals surface area contributed by atoms with E-state index < -0.39 is 0 Å². The van der Waals surface area contributed by atoms with E-state index in [9.17, 15) is 0 Å². The average Bonchev–Trinajstić information content (AvgIpc) is 2.31. The van der Waals surface area contributed by atoms with Crippen molar-refractivity contribution in [3.8, 4) is 0 Å². The summed E-state index contributed by atoms with van der Waals surface area (Å²) in [6, 6.07) is 0. The Morgan fingerprint density at radius 2 is 2.40 bits per heavy atom. The predicted octanol–water partition coefficient (Wildman–Crippen LogP) is 1.88. The van der Waals surface area contributed by atoms with Crippen molar-refractivity contribution in [2.75, 3.05) is 0 Å². The van der Waals surface area contributed by atoms with Crippen molar-refractivity contribution in [1.29, 1.82) is 0 Å². The summed E-state index contributed by atoms with van der Waals surface area (Å²) < 4.78 is 2.34. The van der Waals surface area contributed by atoms with E-state index in [0.717, 1.165) is 0 Å². The third-order valence-electron chi connectivity index (χ3n) is 1.67. The molecule has 0 aromatic carbocycles. The molecule has 0 aliphatic rings. The second-order valence-electron chi connectivity index (χ2n) is 2.58. The maximum atomic E-state index is 2.34. The number of aromatic nitrogens is 1. The molecular formula is C8H15NS+2. The molecule has 0 aliphatic carbocycles. The van der Waals surface area contributed by atoms with Crippen LogP contribution >= 0.6 is 11.3 Å². The van der Waals surface area contributed by atoms with Crippen LogP contribution in [-0.2, 0) is 6.54 Å². The Kier molecular flexibility index (Phi) is 2.87. The van der Waals surface area contributed by atoms with Gasteiger partial charge in [0.15, 0.2) is 6.54 Å². The molecule has 2 heteroatoms. The number of thiazole rings is 1. The zero-order valence-corrected chi connectivity index (χ0v) is 7.56. The Labute approximate surface area is 66.3 Å². The minimum Gasteiger partial charge on any atom is -0.153 e. The molecule has 0 spiro atoms. The highest BCUT2D eigenvalue weighted by Crippen LogP contribution is 1.97. The highest BCUT2D eigenvalue weighted by Gasteiger charge is 2.09. The molecule has 1 aromatic heterocycles. The zero-order chi connectivity index (χ0) is 7.40. The van der Waals surface area contributed by atoms with Crippen LogP contribution in [-0.4, -0.2) is 0 Å². The number of hydrogen-bond acceptors (Lipinski definition) is 0. The summed E-state index contributed by atoms with van der Waals surface area (Å²) in [5.41, 5.74) is 3.65. The lowest BCUT2D eigenvalue weighted by atomic mass is 10.3. The molecule has 0 aliphatic heterocycles. The Morgan fingerprint density at radius 3 is 2.90 bits per heavy atom. The molecule has 0 amide bonds. The van der Waals surface area contributed by atoms with Gasteiger partial charge in [0.25, 0.3) is 0 Å². The predicted molar refractivity (Wildman–Crippen MR) is 45.6 cm³/mol. The summed E-state index contributed by atoms with van der Waals surface area (Å²) in [6.07, 6.45) is 2.59. The van der Waals surface area contributed by atoms with E-state index in [1.54, 1.807) is 0 Å². The molecule has 10 heavy (non-hydrogen) atoms. The van der Waals surface area contributed by atoms with Crippen LogP contribution in [0.15, 0.2) is 10.9 Å². The third-order valence-corrected chi connectivity index (χ3v) is 2.61. The van der Waals surface area contributed by atoms with E-state index >= 15 is 0 Å². The first-order valence-electron chi connectivity index (χ1n) is 3.81. The van der Waals surface area contributed by atoms with E-state index in [2.05, 4.69) is 29.3 Å². The van der Waals surface area contributed by atoms with E-state index in [-0.39, 0.29) is 0 Å². The van der Waals surface area contributed by atoms with Gasteiger partial charge in [0.2, 0.25) is 11.1 Å². The summed E-state index contributed by atoms with van der Waals surface area (Å²) in [5.74, 6) is 0. The summed E-state index contributed by atoms with van der Waals surface area (Å²) in [7, 11) is 0. The molecule has 1 heterocycles. The highest BCUT2D eigenvalue weighted by molar-refractivity contribution is 7.07. The maximum absolute atomic E-state index is 2.34. The van der Waals surface area contributed by atoms with Crippen LogP contribution in [0.5, 0.6) is 0 Å². The van der Waals surface area contributed by atoms with Crippen LogP contribution in [0.2, 0.25) is 0 Å². The van der Waals surface area contributed by atoms with E-state index in [4.69, 9.17) is 0 Å². The Hall–Kier alpha value is -0.370. The molecule has 1 rings (SSSR count). The Bertz CT molecular complexity index is 193. The van der Waals surface area contributed by atoms with Crippen molar-refractivity contribution >= 4 is 11.3 Å². The highest BCUT2D eigenvalue weighted by atomic mass is 32.1. The largest absolute Gasteiger partial charge is 0.367 e. The number of unbranched alkanes of at least 4 members (excludes halogenated alkanes) is 1.